The summed E-state index contributed by atoms with van der Waals surface area (Å²) < 4.78 is 0. The number of hydrogen-bond acceptors (Lipinski definition) is 3. The van der Waals surface area contributed by atoms with Crippen LogP contribution in [0.1, 0.15) is 18.1 Å². The number of carbonyl (C=O) groups is 1. The first-order chi connectivity index (χ1) is 10.5. The highest BCUT2D eigenvalue weighted by Crippen LogP contribution is 2.27. The van der Waals surface area contributed by atoms with E-state index >= 15 is 0 Å². The highest BCUT2D eigenvalue weighted by Gasteiger charge is 2.13. The third-order valence-electron chi connectivity index (χ3n) is 3.28. The van der Waals surface area contributed by atoms with Crippen molar-refractivity contribution in [2.75, 3.05) is 24.3 Å². The summed E-state index contributed by atoms with van der Waals surface area (Å²) in [6.07, 6.45) is -0.824. The summed E-state index contributed by atoms with van der Waals surface area (Å²) in [4.78, 5) is 13.9. The van der Waals surface area contributed by atoms with E-state index in [0.29, 0.717) is 10.7 Å². The van der Waals surface area contributed by atoms with Crippen LogP contribution in [0.2, 0.25) is 5.02 Å². The van der Waals surface area contributed by atoms with E-state index in [1.807, 2.05) is 43.3 Å². The standard InChI is InChI=1S/C17H19ClN2O2/c1-20(2)15-9-8-13(10-14(15)18)19-17(22)11-16(21)12-6-4-3-5-7-12/h3-10,16,21H,11H2,1-2H3,(H,19,22). The first-order valence-corrected chi connectivity index (χ1v) is 7.35. The molecule has 2 rings (SSSR count). The van der Waals surface area contributed by atoms with Crippen molar-refractivity contribution in [2.24, 2.45) is 0 Å². The number of carbonyl (C=O) groups excluding carboxylic acids is 1. The summed E-state index contributed by atoms with van der Waals surface area (Å²) in [5.74, 6) is -0.259. The molecule has 22 heavy (non-hydrogen) atoms. The third kappa shape index (κ3) is 4.23. The van der Waals surface area contributed by atoms with Crippen molar-refractivity contribution in [3.63, 3.8) is 0 Å². The highest BCUT2D eigenvalue weighted by atomic mass is 35.5. The maximum Gasteiger partial charge on any atom is 0.227 e. The first kappa shape index (κ1) is 16.3. The molecule has 1 atom stereocenters. The molecule has 0 aromatic heterocycles. The summed E-state index contributed by atoms with van der Waals surface area (Å²) in [5.41, 5.74) is 2.21. The van der Waals surface area contributed by atoms with E-state index in [0.717, 1.165) is 11.3 Å². The molecule has 0 heterocycles. The summed E-state index contributed by atoms with van der Waals surface area (Å²) in [5, 5.41) is 13.4. The van der Waals surface area contributed by atoms with Crippen LogP contribution in [-0.4, -0.2) is 25.1 Å². The third-order valence-corrected chi connectivity index (χ3v) is 3.58. The Morgan fingerprint density at radius 1 is 1.23 bits per heavy atom. The lowest BCUT2D eigenvalue weighted by Gasteiger charge is -2.16. The van der Waals surface area contributed by atoms with Gasteiger partial charge in [-0.15, -0.1) is 0 Å². The van der Waals surface area contributed by atoms with Crippen LogP contribution in [0.25, 0.3) is 0 Å². The minimum atomic E-state index is -0.822. The highest BCUT2D eigenvalue weighted by molar-refractivity contribution is 6.33. The minimum absolute atomic E-state index is 0.00291. The Kier molecular flexibility index (Phi) is 5.41. The molecule has 0 bridgehead atoms. The van der Waals surface area contributed by atoms with Crippen LogP contribution in [0.5, 0.6) is 0 Å². The van der Waals surface area contributed by atoms with Gasteiger partial charge in [0.15, 0.2) is 0 Å². The van der Waals surface area contributed by atoms with Crippen LogP contribution in [0.4, 0.5) is 11.4 Å². The van der Waals surface area contributed by atoms with Crippen LogP contribution in [0.15, 0.2) is 48.5 Å². The van der Waals surface area contributed by atoms with Gasteiger partial charge in [0.25, 0.3) is 0 Å². The summed E-state index contributed by atoms with van der Waals surface area (Å²) in [6.45, 7) is 0. The minimum Gasteiger partial charge on any atom is -0.388 e. The number of nitrogens with one attached hydrogen (secondary N) is 1. The van der Waals surface area contributed by atoms with Gasteiger partial charge >= 0.3 is 0 Å². The van der Waals surface area contributed by atoms with Crippen molar-refractivity contribution < 1.29 is 9.90 Å². The van der Waals surface area contributed by atoms with Crippen molar-refractivity contribution >= 4 is 28.9 Å². The molecule has 0 aliphatic rings. The van der Waals surface area contributed by atoms with E-state index in [1.54, 1.807) is 24.3 Å². The van der Waals surface area contributed by atoms with Crippen LogP contribution in [-0.2, 0) is 4.79 Å². The molecular weight excluding hydrogens is 300 g/mol. The summed E-state index contributed by atoms with van der Waals surface area (Å²) in [7, 11) is 3.80. The van der Waals surface area contributed by atoms with Gasteiger partial charge in [-0.3, -0.25) is 4.79 Å². The van der Waals surface area contributed by atoms with Crippen molar-refractivity contribution in [3.05, 3.63) is 59.1 Å². The zero-order valence-corrected chi connectivity index (χ0v) is 13.3. The zero-order chi connectivity index (χ0) is 16.1. The molecule has 116 valence electrons. The van der Waals surface area contributed by atoms with E-state index in [4.69, 9.17) is 11.6 Å². The van der Waals surface area contributed by atoms with Gasteiger partial charge in [0.05, 0.1) is 23.2 Å². The predicted octanol–water partition coefficient (Wildman–Crippen LogP) is 3.47. The van der Waals surface area contributed by atoms with Gasteiger partial charge < -0.3 is 15.3 Å². The number of hydrogen-bond donors (Lipinski definition) is 2. The Labute approximate surface area is 135 Å². The van der Waals surface area contributed by atoms with Gasteiger partial charge in [0, 0.05) is 19.8 Å². The van der Waals surface area contributed by atoms with Gasteiger partial charge in [0.2, 0.25) is 5.91 Å². The second-order valence-electron chi connectivity index (χ2n) is 5.24. The van der Waals surface area contributed by atoms with Crippen LogP contribution < -0.4 is 10.2 Å². The fourth-order valence-corrected chi connectivity index (χ4v) is 2.48. The Hall–Kier alpha value is -2.04. The van der Waals surface area contributed by atoms with Gasteiger partial charge in [-0.1, -0.05) is 41.9 Å². The molecule has 0 saturated carbocycles. The molecule has 2 aromatic rings. The molecule has 1 amide bonds. The van der Waals surface area contributed by atoms with E-state index in [-0.39, 0.29) is 12.3 Å². The second-order valence-corrected chi connectivity index (χ2v) is 5.65. The quantitative estimate of drug-likeness (QED) is 0.887. The van der Waals surface area contributed by atoms with E-state index in [1.165, 1.54) is 0 Å². The average Bonchev–Trinajstić information content (AvgIpc) is 2.47. The zero-order valence-electron chi connectivity index (χ0n) is 12.6. The molecule has 0 aliphatic carbocycles. The molecule has 0 aliphatic heterocycles. The largest absolute Gasteiger partial charge is 0.388 e. The van der Waals surface area contributed by atoms with E-state index in [9.17, 15) is 9.90 Å². The Morgan fingerprint density at radius 2 is 1.91 bits per heavy atom. The number of anilines is 2. The lowest BCUT2D eigenvalue weighted by Crippen LogP contribution is -2.16. The van der Waals surface area contributed by atoms with E-state index < -0.39 is 6.10 Å². The lowest BCUT2D eigenvalue weighted by atomic mass is 10.1. The molecule has 0 radical (unpaired) electrons. The number of halogens is 1. The van der Waals surface area contributed by atoms with Crippen molar-refractivity contribution in [2.45, 2.75) is 12.5 Å². The number of aliphatic hydroxyl groups is 1. The Balaban J connectivity index is 1.99. The summed E-state index contributed by atoms with van der Waals surface area (Å²) >= 11 is 6.17. The van der Waals surface area contributed by atoms with Gasteiger partial charge in [-0.25, -0.2) is 0 Å². The molecule has 0 spiro atoms. The molecule has 2 aromatic carbocycles. The number of benzene rings is 2. The average molecular weight is 319 g/mol. The normalized spacial score (nSPS) is 11.8. The molecule has 2 N–H and O–H groups in total. The fraction of sp³-hybridized carbons (Fsp3) is 0.235. The monoisotopic (exact) mass is 318 g/mol. The SMILES string of the molecule is CN(C)c1ccc(NC(=O)CC(O)c2ccccc2)cc1Cl. The van der Waals surface area contributed by atoms with Crippen molar-refractivity contribution in [3.8, 4) is 0 Å². The maximum absolute atomic E-state index is 12.0. The molecule has 1 unspecified atom stereocenters. The van der Waals surface area contributed by atoms with Gasteiger partial charge in [-0.05, 0) is 23.8 Å². The number of amides is 1. The lowest BCUT2D eigenvalue weighted by molar-refractivity contribution is -0.118. The number of nitrogens with zero attached hydrogens (tertiary/aromatic N) is 1. The molecular formula is C17H19ClN2O2. The first-order valence-electron chi connectivity index (χ1n) is 6.97. The topological polar surface area (TPSA) is 52.6 Å². The van der Waals surface area contributed by atoms with Crippen LogP contribution in [0, 0.1) is 0 Å². The van der Waals surface area contributed by atoms with Gasteiger partial charge in [0.1, 0.15) is 0 Å². The fourth-order valence-electron chi connectivity index (χ4n) is 2.13. The molecule has 4 nitrogen and oxygen atoms in total. The Morgan fingerprint density at radius 3 is 2.50 bits per heavy atom. The van der Waals surface area contributed by atoms with Crippen LogP contribution in [0.3, 0.4) is 0 Å². The molecule has 0 fully saturated rings. The molecule has 5 heteroatoms. The Bertz CT molecular complexity index is 644. The number of rotatable bonds is 5. The van der Waals surface area contributed by atoms with Crippen molar-refractivity contribution in [1.82, 2.24) is 0 Å². The predicted molar refractivity (Wildman–Crippen MR) is 90.4 cm³/mol. The van der Waals surface area contributed by atoms with Gasteiger partial charge in [-0.2, -0.15) is 0 Å². The smallest absolute Gasteiger partial charge is 0.227 e. The summed E-state index contributed by atoms with van der Waals surface area (Å²) in [6, 6.07) is 14.4. The maximum atomic E-state index is 12.0. The van der Waals surface area contributed by atoms with Crippen LogP contribution >= 0.6 is 11.6 Å². The second kappa shape index (κ2) is 7.29. The molecule has 0 saturated heterocycles. The van der Waals surface area contributed by atoms with Crippen molar-refractivity contribution in [1.29, 1.82) is 0 Å². The number of aliphatic hydroxyl groups excluding tert-OH is 1. The van der Waals surface area contributed by atoms with E-state index in [2.05, 4.69) is 5.32 Å².